The van der Waals surface area contributed by atoms with Crippen molar-refractivity contribution in [3.05, 3.63) is 12.0 Å². The van der Waals surface area contributed by atoms with Crippen LogP contribution in [0.15, 0.2) is 6.20 Å². The van der Waals surface area contributed by atoms with Crippen LogP contribution in [0.2, 0.25) is 0 Å². The highest BCUT2D eigenvalue weighted by atomic mass is 16.2. The van der Waals surface area contributed by atoms with E-state index in [0.29, 0.717) is 30.2 Å². The lowest BCUT2D eigenvalue weighted by atomic mass is 10.1. The van der Waals surface area contributed by atoms with Crippen molar-refractivity contribution in [3.8, 4) is 0 Å². The molecule has 1 N–H and O–H groups in total. The summed E-state index contributed by atoms with van der Waals surface area (Å²) in [7, 11) is 1.93. The summed E-state index contributed by atoms with van der Waals surface area (Å²) in [5.41, 5.74) is 0.895. The second kappa shape index (κ2) is 6.21. The number of nitrogens with zero attached hydrogens (tertiary/aromatic N) is 5. The lowest BCUT2D eigenvalue weighted by molar-refractivity contribution is -0.128. The van der Waals surface area contributed by atoms with E-state index in [1.165, 1.54) is 38.5 Å². The number of fused-ring (bicyclic) bond motifs is 1. The fourth-order valence-corrected chi connectivity index (χ4v) is 4.47. The number of aromatic nitrogens is 4. The Hall–Kier alpha value is -2.18. The normalized spacial score (nSPS) is 24.1. The number of aryl methyl sites for hydroxylation is 1. The molecule has 0 aromatic carbocycles. The van der Waals surface area contributed by atoms with Crippen LogP contribution in [0.1, 0.15) is 56.7 Å². The zero-order valence-corrected chi connectivity index (χ0v) is 15.3. The van der Waals surface area contributed by atoms with Gasteiger partial charge in [-0.15, -0.1) is 0 Å². The van der Waals surface area contributed by atoms with Gasteiger partial charge in [0.05, 0.1) is 11.6 Å². The van der Waals surface area contributed by atoms with Crippen LogP contribution in [0.3, 0.4) is 0 Å². The minimum atomic E-state index is 0.320. The van der Waals surface area contributed by atoms with Gasteiger partial charge in [0, 0.05) is 44.4 Å². The maximum absolute atomic E-state index is 12.2. The van der Waals surface area contributed by atoms with Gasteiger partial charge >= 0.3 is 0 Å². The average molecular weight is 354 g/mol. The summed E-state index contributed by atoms with van der Waals surface area (Å²) in [6, 6.07) is 0.519. The predicted molar refractivity (Wildman–Crippen MR) is 98.8 cm³/mol. The van der Waals surface area contributed by atoms with Crippen LogP contribution in [-0.4, -0.2) is 49.7 Å². The van der Waals surface area contributed by atoms with E-state index in [-0.39, 0.29) is 0 Å². The Balaban J connectivity index is 1.36. The van der Waals surface area contributed by atoms with Crippen LogP contribution >= 0.6 is 0 Å². The first-order chi connectivity index (χ1) is 12.7. The Labute approximate surface area is 153 Å². The molecule has 0 bridgehead atoms. The number of carbonyl (C=O) groups is 1. The van der Waals surface area contributed by atoms with Crippen molar-refractivity contribution in [1.29, 1.82) is 0 Å². The molecule has 1 amide bonds. The van der Waals surface area contributed by atoms with Gasteiger partial charge in [0.15, 0.2) is 5.65 Å². The molecule has 138 valence electrons. The van der Waals surface area contributed by atoms with Crippen LogP contribution in [0.5, 0.6) is 0 Å². The molecule has 1 unspecified atom stereocenters. The third-order valence-corrected chi connectivity index (χ3v) is 6.11. The van der Waals surface area contributed by atoms with Gasteiger partial charge in [-0.3, -0.25) is 9.48 Å². The van der Waals surface area contributed by atoms with Crippen molar-refractivity contribution in [2.75, 3.05) is 18.4 Å². The number of amides is 1. The molecule has 7 heteroatoms. The van der Waals surface area contributed by atoms with Crippen molar-refractivity contribution in [2.45, 2.75) is 56.9 Å². The first-order valence-corrected chi connectivity index (χ1v) is 9.92. The maximum Gasteiger partial charge on any atom is 0.223 e. The van der Waals surface area contributed by atoms with Gasteiger partial charge in [0.25, 0.3) is 0 Å². The van der Waals surface area contributed by atoms with Crippen LogP contribution in [0, 0.1) is 5.92 Å². The van der Waals surface area contributed by atoms with Gasteiger partial charge in [-0.2, -0.15) is 5.10 Å². The Morgan fingerprint density at radius 2 is 2.00 bits per heavy atom. The highest BCUT2D eigenvalue weighted by Gasteiger charge is 2.39. The monoisotopic (exact) mass is 354 g/mol. The summed E-state index contributed by atoms with van der Waals surface area (Å²) < 4.78 is 1.83. The summed E-state index contributed by atoms with van der Waals surface area (Å²) in [5, 5.41) is 8.87. The number of nitrogens with one attached hydrogen (secondary N) is 1. The third-order valence-electron chi connectivity index (χ3n) is 6.11. The van der Waals surface area contributed by atoms with E-state index in [0.717, 1.165) is 35.8 Å². The zero-order chi connectivity index (χ0) is 17.7. The van der Waals surface area contributed by atoms with E-state index in [9.17, 15) is 4.79 Å². The predicted octanol–water partition coefficient (Wildman–Crippen LogP) is 2.44. The molecule has 3 heterocycles. The molecule has 26 heavy (non-hydrogen) atoms. The molecule has 2 aromatic rings. The summed E-state index contributed by atoms with van der Waals surface area (Å²) in [6.07, 6.45) is 9.74. The summed E-state index contributed by atoms with van der Waals surface area (Å²) in [4.78, 5) is 23.9. The molecule has 0 spiro atoms. The Morgan fingerprint density at radius 1 is 1.19 bits per heavy atom. The fourth-order valence-electron chi connectivity index (χ4n) is 4.47. The van der Waals surface area contributed by atoms with Crippen molar-refractivity contribution >= 4 is 22.8 Å². The van der Waals surface area contributed by atoms with E-state index < -0.39 is 0 Å². The van der Waals surface area contributed by atoms with Crippen LogP contribution in [0.4, 0.5) is 5.82 Å². The summed E-state index contributed by atoms with van der Waals surface area (Å²) in [5.74, 6) is 2.97. The highest BCUT2D eigenvalue weighted by Crippen LogP contribution is 2.35. The Morgan fingerprint density at radius 3 is 2.77 bits per heavy atom. The number of hydrogen-bond acceptors (Lipinski definition) is 5. The van der Waals surface area contributed by atoms with Crippen molar-refractivity contribution in [3.63, 3.8) is 0 Å². The molecule has 1 aliphatic heterocycles. The third kappa shape index (κ3) is 2.83. The Kier molecular flexibility index (Phi) is 3.83. The van der Waals surface area contributed by atoms with Crippen molar-refractivity contribution < 1.29 is 4.79 Å². The van der Waals surface area contributed by atoms with Gasteiger partial charge < -0.3 is 10.2 Å². The quantitative estimate of drug-likeness (QED) is 0.892. The standard InChI is InChI=1S/C19H26N6O/c1-24-19-15(10-21-24)18(22-17(23-19)13-4-2-3-5-13)20-9-12-8-16(26)25(11-12)14-6-7-14/h10,12-14H,2-9,11H2,1H3,(H,20,22,23). The molecular weight excluding hydrogens is 328 g/mol. The van der Waals surface area contributed by atoms with E-state index in [4.69, 9.17) is 9.97 Å². The average Bonchev–Trinajstić information content (AvgIpc) is 3.04. The Bertz CT molecular complexity index is 836. The number of carbonyl (C=O) groups excluding carboxylic acids is 1. The molecule has 2 aliphatic carbocycles. The van der Waals surface area contributed by atoms with Gasteiger partial charge in [0.1, 0.15) is 11.6 Å². The number of rotatable bonds is 5. The molecule has 0 radical (unpaired) electrons. The van der Waals surface area contributed by atoms with E-state index in [1.54, 1.807) is 0 Å². The topological polar surface area (TPSA) is 75.9 Å². The minimum Gasteiger partial charge on any atom is -0.369 e. The van der Waals surface area contributed by atoms with E-state index in [2.05, 4.69) is 15.3 Å². The molecule has 2 saturated carbocycles. The molecule has 1 atom stereocenters. The van der Waals surface area contributed by atoms with E-state index in [1.807, 2.05) is 17.9 Å². The SMILES string of the molecule is Cn1ncc2c(NCC3CC(=O)N(C4CC4)C3)nc(C3CCCC3)nc21. The lowest BCUT2D eigenvalue weighted by Crippen LogP contribution is -2.28. The lowest BCUT2D eigenvalue weighted by Gasteiger charge is -2.16. The molecule has 2 aromatic heterocycles. The van der Waals surface area contributed by atoms with Crippen LogP contribution in [0.25, 0.3) is 11.0 Å². The highest BCUT2D eigenvalue weighted by molar-refractivity contribution is 5.86. The van der Waals surface area contributed by atoms with Crippen LogP contribution < -0.4 is 5.32 Å². The second-order valence-electron chi connectivity index (χ2n) is 8.15. The van der Waals surface area contributed by atoms with Crippen LogP contribution in [-0.2, 0) is 11.8 Å². The molecule has 3 aliphatic rings. The number of hydrogen-bond donors (Lipinski definition) is 1. The van der Waals surface area contributed by atoms with Crippen molar-refractivity contribution in [1.82, 2.24) is 24.6 Å². The second-order valence-corrected chi connectivity index (χ2v) is 8.15. The maximum atomic E-state index is 12.2. The number of likely N-dealkylation sites (tertiary alicyclic amines) is 1. The first-order valence-electron chi connectivity index (χ1n) is 9.92. The van der Waals surface area contributed by atoms with Gasteiger partial charge in [-0.1, -0.05) is 12.8 Å². The van der Waals surface area contributed by atoms with Gasteiger partial charge in [-0.25, -0.2) is 9.97 Å². The van der Waals surface area contributed by atoms with Gasteiger partial charge in [0.2, 0.25) is 5.91 Å². The largest absolute Gasteiger partial charge is 0.369 e. The molecule has 3 fully saturated rings. The summed E-state index contributed by atoms with van der Waals surface area (Å²) in [6.45, 7) is 1.66. The van der Waals surface area contributed by atoms with E-state index >= 15 is 0 Å². The summed E-state index contributed by atoms with van der Waals surface area (Å²) >= 11 is 0. The molecular formula is C19H26N6O. The molecule has 5 rings (SSSR count). The van der Waals surface area contributed by atoms with Gasteiger partial charge in [-0.05, 0) is 25.7 Å². The first kappa shape index (κ1) is 16.0. The molecule has 7 nitrogen and oxygen atoms in total. The molecule has 1 saturated heterocycles. The minimum absolute atomic E-state index is 0.320. The zero-order valence-electron chi connectivity index (χ0n) is 15.3. The fraction of sp³-hybridized carbons (Fsp3) is 0.684. The number of anilines is 1. The smallest absolute Gasteiger partial charge is 0.223 e. The van der Waals surface area contributed by atoms with Crippen molar-refractivity contribution in [2.24, 2.45) is 13.0 Å².